The zero-order chi connectivity index (χ0) is 19.4. The van der Waals surface area contributed by atoms with Crippen LogP contribution in [0.15, 0.2) is 48.5 Å². The molecule has 8 nitrogen and oxygen atoms in total. The van der Waals surface area contributed by atoms with E-state index in [0.717, 1.165) is 0 Å². The van der Waals surface area contributed by atoms with Gasteiger partial charge in [0.1, 0.15) is 24.2 Å². The monoisotopic (exact) mass is 373 g/mol. The Morgan fingerprint density at radius 2 is 1.78 bits per heavy atom. The molecule has 0 amide bonds. The quantitative estimate of drug-likeness (QED) is 0.331. The fraction of sp³-hybridized carbons (Fsp3) is 0.316. The lowest BCUT2D eigenvalue weighted by atomic mass is 10.2. The van der Waals surface area contributed by atoms with Gasteiger partial charge in [0, 0.05) is 12.1 Å². The number of non-ortho nitro benzene ring substituents is 1. The molecule has 1 aliphatic heterocycles. The first kappa shape index (κ1) is 18.8. The summed E-state index contributed by atoms with van der Waals surface area (Å²) in [5, 5.41) is 10.6. The topological polar surface area (TPSA) is 97.1 Å². The highest BCUT2D eigenvalue weighted by Crippen LogP contribution is 2.23. The molecule has 3 rings (SSSR count). The standard InChI is InChI=1S/C19H19NO7/c1-19(2)25-12-17(27-19)11-24-15-7-3-13(4-8-15)18(21)26-16-9-5-14(6-10-16)20(22)23/h3-10,17H,11-12H2,1-2H3. The van der Waals surface area contributed by atoms with Gasteiger partial charge in [-0.05, 0) is 50.2 Å². The maximum atomic E-state index is 12.1. The van der Waals surface area contributed by atoms with Gasteiger partial charge in [-0.3, -0.25) is 10.1 Å². The van der Waals surface area contributed by atoms with Crippen molar-refractivity contribution in [2.45, 2.75) is 25.7 Å². The second-order valence-electron chi connectivity index (χ2n) is 6.43. The first-order valence-electron chi connectivity index (χ1n) is 8.34. The Morgan fingerprint density at radius 1 is 1.15 bits per heavy atom. The van der Waals surface area contributed by atoms with E-state index in [0.29, 0.717) is 24.5 Å². The Kier molecular flexibility index (Phi) is 5.38. The number of esters is 1. The zero-order valence-corrected chi connectivity index (χ0v) is 14.9. The molecule has 1 aliphatic rings. The van der Waals surface area contributed by atoms with Crippen molar-refractivity contribution in [1.82, 2.24) is 0 Å². The van der Waals surface area contributed by atoms with Gasteiger partial charge >= 0.3 is 5.97 Å². The number of benzene rings is 2. The Bertz CT molecular complexity index is 815. The summed E-state index contributed by atoms with van der Waals surface area (Å²) < 4.78 is 22.0. The van der Waals surface area contributed by atoms with Crippen LogP contribution in [0.4, 0.5) is 5.69 Å². The minimum atomic E-state index is -0.598. The van der Waals surface area contributed by atoms with E-state index in [2.05, 4.69) is 0 Å². The minimum Gasteiger partial charge on any atom is -0.491 e. The normalized spacial score (nSPS) is 18.1. The fourth-order valence-corrected chi connectivity index (χ4v) is 2.52. The van der Waals surface area contributed by atoms with E-state index in [1.54, 1.807) is 24.3 Å². The average molecular weight is 373 g/mol. The van der Waals surface area contributed by atoms with Crippen molar-refractivity contribution >= 4 is 11.7 Å². The highest BCUT2D eigenvalue weighted by Gasteiger charge is 2.32. The van der Waals surface area contributed by atoms with Crippen LogP contribution in [0.25, 0.3) is 0 Å². The molecule has 8 heteroatoms. The second-order valence-corrected chi connectivity index (χ2v) is 6.43. The van der Waals surface area contributed by atoms with Crippen LogP contribution in [0.2, 0.25) is 0 Å². The third kappa shape index (κ3) is 5.02. The summed E-state index contributed by atoms with van der Waals surface area (Å²) in [6.07, 6.45) is -0.147. The number of nitro groups is 1. The van der Waals surface area contributed by atoms with Crippen LogP contribution >= 0.6 is 0 Å². The Hall–Kier alpha value is -2.97. The second kappa shape index (κ2) is 7.73. The lowest BCUT2D eigenvalue weighted by molar-refractivity contribution is -0.384. The molecule has 2 aromatic rings. The van der Waals surface area contributed by atoms with Crippen molar-refractivity contribution in [3.05, 3.63) is 64.2 Å². The molecule has 2 aromatic carbocycles. The largest absolute Gasteiger partial charge is 0.491 e. The Morgan fingerprint density at radius 3 is 2.33 bits per heavy atom. The summed E-state index contributed by atoms with van der Waals surface area (Å²) in [7, 11) is 0. The number of hydrogen-bond acceptors (Lipinski definition) is 7. The summed E-state index contributed by atoms with van der Waals surface area (Å²) in [4.78, 5) is 22.3. The molecule has 0 spiro atoms. The van der Waals surface area contributed by atoms with Crippen LogP contribution in [0, 0.1) is 10.1 Å². The minimum absolute atomic E-state index is 0.0728. The molecular weight excluding hydrogens is 354 g/mol. The maximum Gasteiger partial charge on any atom is 0.343 e. The summed E-state index contributed by atoms with van der Waals surface area (Å²) in [6.45, 7) is 4.50. The average Bonchev–Trinajstić information content (AvgIpc) is 2.99. The van der Waals surface area contributed by atoms with Crippen LogP contribution in [0.5, 0.6) is 11.5 Å². The number of ether oxygens (including phenoxy) is 4. The van der Waals surface area contributed by atoms with Gasteiger partial charge in [0.05, 0.1) is 17.1 Å². The van der Waals surface area contributed by atoms with E-state index in [1.807, 2.05) is 13.8 Å². The van der Waals surface area contributed by atoms with Crippen molar-refractivity contribution in [2.75, 3.05) is 13.2 Å². The highest BCUT2D eigenvalue weighted by atomic mass is 16.7. The van der Waals surface area contributed by atoms with Crippen molar-refractivity contribution in [1.29, 1.82) is 0 Å². The van der Waals surface area contributed by atoms with Gasteiger partial charge in [0.25, 0.3) is 5.69 Å². The SMILES string of the molecule is CC1(C)OCC(COc2ccc(C(=O)Oc3ccc([N+](=O)[O-])cc3)cc2)O1. The smallest absolute Gasteiger partial charge is 0.343 e. The van der Waals surface area contributed by atoms with E-state index in [-0.39, 0.29) is 17.5 Å². The molecule has 27 heavy (non-hydrogen) atoms. The van der Waals surface area contributed by atoms with E-state index in [1.165, 1.54) is 24.3 Å². The number of rotatable bonds is 6. The predicted molar refractivity (Wildman–Crippen MR) is 94.9 cm³/mol. The molecule has 0 radical (unpaired) electrons. The lowest BCUT2D eigenvalue weighted by Gasteiger charge is -2.17. The number of nitro benzene ring substituents is 1. The number of hydrogen-bond donors (Lipinski definition) is 0. The molecule has 0 aliphatic carbocycles. The molecule has 0 aromatic heterocycles. The Balaban J connectivity index is 1.53. The molecule has 1 heterocycles. The van der Waals surface area contributed by atoms with Crippen molar-refractivity contribution < 1.29 is 28.7 Å². The molecule has 142 valence electrons. The van der Waals surface area contributed by atoms with Gasteiger partial charge in [-0.15, -0.1) is 0 Å². The van der Waals surface area contributed by atoms with Crippen molar-refractivity contribution in [3.8, 4) is 11.5 Å². The molecular formula is C19H19NO7. The molecule has 1 atom stereocenters. The summed E-state index contributed by atoms with van der Waals surface area (Å²) >= 11 is 0. The van der Waals surface area contributed by atoms with Gasteiger partial charge in [-0.1, -0.05) is 0 Å². The van der Waals surface area contributed by atoms with Crippen molar-refractivity contribution in [2.24, 2.45) is 0 Å². The maximum absolute atomic E-state index is 12.1. The molecule has 0 N–H and O–H groups in total. The molecule has 0 saturated carbocycles. The lowest BCUT2D eigenvalue weighted by Crippen LogP contribution is -2.25. The van der Waals surface area contributed by atoms with E-state index >= 15 is 0 Å². The van der Waals surface area contributed by atoms with Gasteiger partial charge in [-0.25, -0.2) is 4.79 Å². The Labute approximate surface area is 155 Å². The summed E-state index contributed by atoms with van der Waals surface area (Å²) in [5.74, 6) is -0.341. The molecule has 1 saturated heterocycles. The molecule has 0 bridgehead atoms. The van der Waals surface area contributed by atoms with E-state index in [9.17, 15) is 14.9 Å². The zero-order valence-electron chi connectivity index (χ0n) is 14.9. The third-order valence-corrected chi connectivity index (χ3v) is 3.85. The first-order valence-corrected chi connectivity index (χ1v) is 8.34. The van der Waals surface area contributed by atoms with Crippen LogP contribution in [-0.4, -0.2) is 36.0 Å². The third-order valence-electron chi connectivity index (χ3n) is 3.85. The highest BCUT2D eigenvalue weighted by molar-refractivity contribution is 5.91. The van der Waals surface area contributed by atoms with Gasteiger partial charge in [0.2, 0.25) is 0 Å². The van der Waals surface area contributed by atoms with Crippen LogP contribution in [0.1, 0.15) is 24.2 Å². The summed E-state index contributed by atoms with van der Waals surface area (Å²) in [6, 6.07) is 11.8. The van der Waals surface area contributed by atoms with E-state index in [4.69, 9.17) is 18.9 Å². The first-order chi connectivity index (χ1) is 12.8. The van der Waals surface area contributed by atoms with Crippen molar-refractivity contribution in [3.63, 3.8) is 0 Å². The fourth-order valence-electron chi connectivity index (χ4n) is 2.52. The van der Waals surface area contributed by atoms with Crippen LogP contribution < -0.4 is 9.47 Å². The number of nitrogens with zero attached hydrogens (tertiary/aromatic N) is 1. The number of carbonyl (C=O) groups is 1. The van der Waals surface area contributed by atoms with Crippen LogP contribution in [-0.2, 0) is 9.47 Å². The van der Waals surface area contributed by atoms with Crippen LogP contribution in [0.3, 0.4) is 0 Å². The van der Waals surface area contributed by atoms with E-state index < -0.39 is 16.7 Å². The molecule has 1 fully saturated rings. The predicted octanol–water partition coefficient (Wildman–Crippen LogP) is 3.34. The van der Waals surface area contributed by atoms with Gasteiger partial charge in [-0.2, -0.15) is 0 Å². The molecule has 1 unspecified atom stereocenters. The summed E-state index contributed by atoms with van der Waals surface area (Å²) in [5.41, 5.74) is 0.263. The van der Waals surface area contributed by atoms with Gasteiger partial charge < -0.3 is 18.9 Å². The van der Waals surface area contributed by atoms with Gasteiger partial charge in [0.15, 0.2) is 5.79 Å². The number of carbonyl (C=O) groups excluding carboxylic acids is 1.